The molecular formula is C13H26N2O2. The second kappa shape index (κ2) is 6.69. The highest BCUT2D eigenvalue weighted by Crippen LogP contribution is 2.24. The number of nitrogens with one attached hydrogen (secondary N) is 1. The minimum Gasteiger partial charge on any atom is -0.385 e. The molecule has 3 unspecified atom stereocenters. The van der Waals surface area contributed by atoms with Gasteiger partial charge in [-0.2, -0.15) is 0 Å². The van der Waals surface area contributed by atoms with Crippen LogP contribution in [0.5, 0.6) is 0 Å². The third-order valence-electron chi connectivity index (χ3n) is 4.10. The summed E-state index contributed by atoms with van der Waals surface area (Å²) in [6, 6.07) is 1.16. The fourth-order valence-electron chi connectivity index (χ4n) is 3.05. The molecule has 100 valence electrons. The molecule has 4 nitrogen and oxygen atoms in total. The Kier molecular flexibility index (Phi) is 5.22. The summed E-state index contributed by atoms with van der Waals surface area (Å²) >= 11 is 0. The van der Waals surface area contributed by atoms with Crippen LogP contribution in [0.3, 0.4) is 0 Å². The van der Waals surface area contributed by atoms with Crippen LogP contribution in [0, 0.1) is 0 Å². The number of hydrogen-bond acceptors (Lipinski definition) is 4. The monoisotopic (exact) mass is 242 g/mol. The minimum atomic E-state index is 0.353. The van der Waals surface area contributed by atoms with Crippen LogP contribution in [0.25, 0.3) is 0 Å². The zero-order chi connectivity index (χ0) is 12.1. The molecule has 4 heteroatoms. The van der Waals surface area contributed by atoms with Crippen LogP contribution < -0.4 is 5.32 Å². The van der Waals surface area contributed by atoms with Gasteiger partial charge in [0.25, 0.3) is 0 Å². The van der Waals surface area contributed by atoms with Gasteiger partial charge in [-0.15, -0.1) is 0 Å². The lowest BCUT2D eigenvalue weighted by atomic mass is 10.0. The van der Waals surface area contributed by atoms with Crippen molar-refractivity contribution in [3.8, 4) is 0 Å². The predicted molar refractivity (Wildman–Crippen MR) is 68.3 cm³/mol. The first-order valence-electron chi connectivity index (χ1n) is 6.87. The van der Waals surface area contributed by atoms with E-state index >= 15 is 0 Å². The Balaban J connectivity index is 1.78. The lowest BCUT2D eigenvalue weighted by Gasteiger charge is -2.38. The van der Waals surface area contributed by atoms with Gasteiger partial charge >= 0.3 is 0 Å². The third kappa shape index (κ3) is 3.41. The molecule has 0 aromatic rings. The Morgan fingerprint density at radius 3 is 3.18 bits per heavy atom. The highest BCUT2D eigenvalue weighted by molar-refractivity contribution is 4.89. The van der Waals surface area contributed by atoms with E-state index in [4.69, 9.17) is 9.47 Å². The molecule has 1 N–H and O–H groups in total. The average molecular weight is 242 g/mol. The van der Waals surface area contributed by atoms with Crippen molar-refractivity contribution in [2.45, 2.75) is 43.9 Å². The molecule has 0 aliphatic carbocycles. The largest absolute Gasteiger partial charge is 0.385 e. The molecule has 3 atom stereocenters. The number of ether oxygens (including phenoxy) is 2. The van der Waals surface area contributed by atoms with Crippen molar-refractivity contribution in [1.29, 1.82) is 0 Å². The molecule has 0 amide bonds. The highest BCUT2D eigenvalue weighted by atomic mass is 16.5. The smallest absolute Gasteiger partial charge is 0.0855 e. The number of rotatable bonds is 6. The van der Waals surface area contributed by atoms with Crippen molar-refractivity contribution in [2.24, 2.45) is 0 Å². The zero-order valence-electron chi connectivity index (χ0n) is 11.2. The molecule has 0 aromatic carbocycles. The maximum absolute atomic E-state index is 6.03. The van der Waals surface area contributed by atoms with Gasteiger partial charge in [0.1, 0.15) is 0 Å². The van der Waals surface area contributed by atoms with Gasteiger partial charge in [0.15, 0.2) is 0 Å². The lowest BCUT2D eigenvalue weighted by molar-refractivity contribution is -0.0653. The van der Waals surface area contributed by atoms with E-state index in [0.29, 0.717) is 18.2 Å². The van der Waals surface area contributed by atoms with E-state index in [0.717, 1.165) is 32.6 Å². The molecule has 2 aliphatic rings. The van der Waals surface area contributed by atoms with E-state index in [9.17, 15) is 0 Å². The Morgan fingerprint density at radius 1 is 1.53 bits per heavy atom. The maximum atomic E-state index is 6.03. The number of likely N-dealkylation sites (N-methyl/N-ethyl adjacent to an activating group) is 1. The summed E-state index contributed by atoms with van der Waals surface area (Å²) in [5.41, 5.74) is 0. The van der Waals surface area contributed by atoms with Crippen LogP contribution >= 0.6 is 0 Å². The van der Waals surface area contributed by atoms with Crippen molar-refractivity contribution < 1.29 is 9.47 Å². The van der Waals surface area contributed by atoms with Crippen LogP contribution in [-0.2, 0) is 9.47 Å². The van der Waals surface area contributed by atoms with Crippen molar-refractivity contribution in [3.05, 3.63) is 0 Å². The number of fused-ring (bicyclic) bond motifs is 1. The molecule has 0 aromatic heterocycles. The predicted octanol–water partition coefficient (Wildman–Crippen LogP) is 0.864. The SMILES string of the molecule is CNC(CCCOC)C1CN2CCCC2CO1. The summed E-state index contributed by atoms with van der Waals surface area (Å²) in [5, 5.41) is 3.40. The summed E-state index contributed by atoms with van der Waals surface area (Å²) in [6.07, 6.45) is 5.25. The molecule has 2 fully saturated rings. The highest BCUT2D eigenvalue weighted by Gasteiger charge is 2.34. The van der Waals surface area contributed by atoms with Crippen LogP contribution in [0.2, 0.25) is 0 Å². The average Bonchev–Trinajstić information content (AvgIpc) is 2.82. The summed E-state index contributed by atoms with van der Waals surface area (Å²) < 4.78 is 11.1. The normalized spacial score (nSPS) is 31.4. The van der Waals surface area contributed by atoms with E-state index in [2.05, 4.69) is 10.2 Å². The molecule has 0 saturated carbocycles. The van der Waals surface area contributed by atoms with E-state index in [1.54, 1.807) is 7.11 Å². The van der Waals surface area contributed by atoms with Gasteiger partial charge in [0.05, 0.1) is 12.7 Å². The maximum Gasteiger partial charge on any atom is 0.0855 e. The summed E-state index contributed by atoms with van der Waals surface area (Å²) in [7, 11) is 3.80. The van der Waals surface area contributed by atoms with Gasteiger partial charge in [0, 0.05) is 32.3 Å². The Hall–Kier alpha value is -0.160. The standard InChI is InChI=1S/C13H26N2O2/c1-14-12(6-4-8-16-2)13-9-15-7-3-5-11(15)10-17-13/h11-14H,3-10H2,1-2H3. The molecule has 0 bridgehead atoms. The Morgan fingerprint density at radius 2 is 2.41 bits per heavy atom. The van der Waals surface area contributed by atoms with Crippen molar-refractivity contribution in [2.75, 3.05) is 40.5 Å². The van der Waals surface area contributed by atoms with Crippen molar-refractivity contribution in [1.82, 2.24) is 10.2 Å². The molecule has 17 heavy (non-hydrogen) atoms. The van der Waals surface area contributed by atoms with E-state index in [1.807, 2.05) is 7.05 Å². The fourth-order valence-corrected chi connectivity index (χ4v) is 3.05. The number of morpholine rings is 1. The Bertz CT molecular complexity index is 225. The molecule has 2 rings (SSSR count). The molecular weight excluding hydrogens is 216 g/mol. The first-order chi connectivity index (χ1) is 8.35. The zero-order valence-corrected chi connectivity index (χ0v) is 11.2. The molecule has 2 saturated heterocycles. The van der Waals surface area contributed by atoms with Gasteiger partial charge in [-0.05, 0) is 39.3 Å². The summed E-state index contributed by atoms with van der Waals surface area (Å²) in [6.45, 7) is 4.13. The molecule has 0 spiro atoms. The van der Waals surface area contributed by atoms with Crippen LogP contribution in [-0.4, -0.2) is 63.5 Å². The fraction of sp³-hybridized carbons (Fsp3) is 1.00. The topological polar surface area (TPSA) is 33.7 Å². The van der Waals surface area contributed by atoms with E-state index in [1.165, 1.54) is 19.4 Å². The second-order valence-electron chi connectivity index (χ2n) is 5.19. The van der Waals surface area contributed by atoms with Gasteiger partial charge in [-0.3, -0.25) is 4.90 Å². The minimum absolute atomic E-state index is 0.353. The number of hydrogen-bond donors (Lipinski definition) is 1. The van der Waals surface area contributed by atoms with Crippen LogP contribution in [0.4, 0.5) is 0 Å². The first-order valence-corrected chi connectivity index (χ1v) is 6.87. The first kappa shape index (κ1) is 13.3. The molecule has 2 aliphatic heterocycles. The number of methoxy groups -OCH3 is 1. The van der Waals surface area contributed by atoms with Gasteiger partial charge in [-0.25, -0.2) is 0 Å². The van der Waals surface area contributed by atoms with Crippen LogP contribution in [0.15, 0.2) is 0 Å². The quantitative estimate of drug-likeness (QED) is 0.701. The summed E-state index contributed by atoms with van der Waals surface area (Å²) in [5.74, 6) is 0. The van der Waals surface area contributed by atoms with Crippen molar-refractivity contribution in [3.63, 3.8) is 0 Å². The lowest BCUT2D eigenvalue weighted by Crippen LogP contribution is -2.53. The molecule has 0 radical (unpaired) electrons. The third-order valence-corrected chi connectivity index (χ3v) is 4.10. The van der Waals surface area contributed by atoms with Crippen LogP contribution in [0.1, 0.15) is 25.7 Å². The second-order valence-corrected chi connectivity index (χ2v) is 5.19. The molecule has 2 heterocycles. The van der Waals surface area contributed by atoms with Gasteiger partial charge in [0.2, 0.25) is 0 Å². The Labute approximate surface area is 105 Å². The van der Waals surface area contributed by atoms with Gasteiger partial charge < -0.3 is 14.8 Å². The van der Waals surface area contributed by atoms with Crippen molar-refractivity contribution >= 4 is 0 Å². The van der Waals surface area contributed by atoms with E-state index in [-0.39, 0.29) is 0 Å². The van der Waals surface area contributed by atoms with Gasteiger partial charge in [-0.1, -0.05) is 0 Å². The summed E-state index contributed by atoms with van der Waals surface area (Å²) in [4.78, 5) is 2.61. The number of nitrogens with zero attached hydrogens (tertiary/aromatic N) is 1. The van der Waals surface area contributed by atoms with E-state index < -0.39 is 0 Å².